The minimum atomic E-state index is -0.575. The van der Waals surface area contributed by atoms with Gasteiger partial charge in [0, 0.05) is 18.2 Å². The van der Waals surface area contributed by atoms with E-state index < -0.39 is 6.10 Å². The van der Waals surface area contributed by atoms with Crippen molar-refractivity contribution in [2.45, 2.75) is 77.4 Å². The fourth-order valence-corrected chi connectivity index (χ4v) is 6.68. The molecule has 0 spiro atoms. The van der Waals surface area contributed by atoms with Crippen LogP contribution in [0.15, 0.2) is 18.2 Å². The lowest BCUT2D eigenvalue weighted by Crippen LogP contribution is -2.33. The van der Waals surface area contributed by atoms with Crippen LogP contribution in [0.3, 0.4) is 0 Å². The molecule has 0 bridgehead atoms. The summed E-state index contributed by atoms with van der Waals surface area (Å²) in [4.78, 5) is 2.33. The summed E-state index contributed by atoms with van der Waals surface area (Å²) >= 11 is 0. The quantitative estimate of drug-likeness (QED) is 0.638. The molecule has 0 amide bonds. The first kappa shape index (κ1) is 23.5. The normalized spacial score (nSPS) is 25.1. The molecule has 0 aromatic heterocycles. The molecule has 1 aliphatic carbocycles. The Morgan fingerprint density at radius 2 is 1.79 bits per heavy atom. The predicted molar refractivity (Wildman–Crippen MR) is 134 cm³/mol. The Hall–Kier alpha value is -2.24. The number of nitrogens with zero attached hydrogens (tertiary/aromatic N) is 1. The minimum absolute atomic E-state index is 0.0271. The number of fused-ring (bicyclic) bond motifs is 3. The van der Waals surface area contributed by atoms with Crippen molar-refractivity contribution in [1.82, 2.24) is 4.90 Å². The van der Waals surface area contributed by atoms with Crippen molar-refractivity contribution in [3.8, 4) is 17.2 Å². The van der Waals surface area contributed by atoms with Crippen LogP contribution in [-0.2, 0) is 17.3 Å². The third-order valence-electron chi connectivity index (χ3n) is 9.31. The molecule has 2 aliphatic heterocycles. The number of hydrogen-bond donors (Lipinski definition) is 1. The SMILES string of the molecule is COc1c2c(cc3c1[C@@H](C[C@H](O)c1cc4c(cc1C)C(C)(C)[C@@H](C)C4(C)C)N(C)CC3)OCO2. The van der Waals surface area contributed by atoms with Gasteiger partial charge in [0.2, 0.25) is 12.5 Å². The van der Waals surface area contributed by atoms with Crippen molar-refractivity contribution < 1.29 is 19.3 Å². The van der Waals surface area contributed by atoms with Gasteiger partial charge in [0.15, 0.2) is 11.5 Å². The van der Waals surface area contributed by atoms with Crippen molar-refractivity contribution in [1.29, 1.82) is 0 Å². The Morgan fingerprint density at radius 1 is 1.12 bits per heavy atom. The Kier molecular flexibility index (Phi) is 5.45. The van der Waals surface area contributed by atoms with Gasteiger partial charge in [0.1, 0.15) is 0 Å². The molecule has 0 radical (unpaired) electrons. The fourth-order valence-electron chi connectivity index (χ4n) is 6.68. The second-order valence-corrected chi connectivity index (χ2v) is 11.6. The first-order valence-electron chi connectivity index (χ1n) is 12.5. The monoisotopic (exact) mass is 465 g/mol. The van der Waals surface area contributed by atoms with Crippen LogP contribution in [0.1, 0.15) is 86.6 Å². The molecule has 3 aliphatic rings. The molecule has 34 heavy (non-hydrogen) atoms. The Morgan fingerprint density at radius 3 is 2.47 bits per heavy atom. The van der Waals surface area contributed by atoms with Crippen LogP contribution in [0, 0.1) is 12.8 Å². The highest BCUT2D eigenvalue weighted by Crippen LogP contribution is 2.55. The summed E-state index contributed by atoms with van der Waals surface area (Å²) in [7, 11) is 3.82. The van der Waals surface area contributed by atoms with Crippen molar-refractivity contribution in [2.24, 2.45) is 5.92 Å². The highest BCUT2D eigenvalue weighted by Gasteiger charge is 2.49. The second kappa shape index (κ2) is 7.89. The van der Waals surface area contributed by atoms with E-state index in [0.717, 1.165) is 35.6 Å². The Labute approximate surface area is 204 Å². The predicted octanol–water partition coefficient (Wildman–Crippen LogP) is 5.59. The van der Waals surface area contributed by atoms with E-state index in [1.165, 1.54) is 22.3 Å². The summed E-state index contributed by atoms with van der Waals surface area (Å²) in [5.41, 5.74) is 7.53. The summed E-state index contributed by atoms with van der Waals surface area (Å²) in [5, 5.41) is 11.6. The molecular weight excluding hydrogens is 426 g/mol. The van der Waals surface area contributed by atoms with E-state index in [2.05, 4.69) is 71.7 Å². The van der Waals surface area contributed by atoms with Gasteiger partial charge in [-0.15, -0.1) is 0 Å². The van der Waals surface area contributed by atoms with Crippen molar-refractivity contribution >= 4 is 0 Å². The smallest absolute Gasteiger partial charge is 0.231 e. The van der Waals surface area contributed by atoms with Crippen LogP contribution in [0.25, 0.3) is 0 Å². The molecule has 5 nitrogen and oxygen atoms in total. The molecule has 1 N–H and O–H groups in total. The van der Waals surface area contributed by atoms with Crippen LogP contribution in [0.5, 0.6) is 17.2 Å². The zero-order valence-corrected chi connectivity index (χ0v) is 21.9. The third-order valence-corrected chi connectivity index (χ3v) is 9.31. The van der Waals surface area contributed by atoms with Crippen molar-refractivity contribution in [2.75, 3.05) is 27.5 Å². The molecule has 2 aromatic carbocycles. The molecule has 0 saturated carbocycles. The number of aryl methyl sites for hydroxylation is 1. The first-order chi connectivity index (χ1) is 16.0. The number of hydrogen-bond acceptors (Lipinski definition) is 5. The van der Waals surface area contributed by atoms with Gasteiger partial charge in [0.05, 0.1) is 13.2 Å². The maximum atomic E-state index is 11.6. The lowest BCUT2D eigenvalue weighted by Gasteiger charge is -2.37. The molecule has 2 heterocycles. The molecule has 0 saturated heterocycles. The zero-order valence-electron chi connectivity index (χ0n) is 21.9. The summed E-state index contributed by atoms with van der Waals surface area (Å²) < 4.78 is 17.3. The van der Waals surface area contributed by atoms with Crippen LogP contribution < -0.4 is 14.2 Å². The average molecular weight is 466 g/mol. The van der Waals surface area contributed by atoms with E-state index in [0.29, 0.717) is 18.1 Å². The number of rotatable bonds is 4. The van der Waals surface area contributed by atoms with Gasteiger partial charge in [-0.2, -0.15) is 0 Å². The Bertz CT molecular complexity index is 1140. The van der Waals surface area contributed by atoms with Gasteiger partial charge < -0.3 is 19.3 Å². The molecule has 3 atom stereocenters. The van der Waals surface area contributed by atoms with E-state index in [-0.39, 0.29) is 23.7 Å². The van der Waals surface area contributed by atoms with Gasteiger partial charge in [-0.3, -0.25) is 4.90 Å². The van der Waals surface area contributed by atoms with Crippen LogP contribution in [-0.4, -0.2) is 37.5 Å². The van der Waals surface area contributed by atoms with Gasteiger partial charge in [-0.25, -0.2) is 0 Å². The number of methoxy groups -OCH3 is 1. The topological polar surface area (TPSA) is 51.2 Å². The summed E-state index contributed by atoms with van der Waals surface area (Å²) in [6.45, 7) is 15.0. The summed E-state index contributed by atoms with van der Waals surface area (Å²) in [6, 6.07) is 6.75. The molecule has 0 unspecified atom stereocenters. The zero-order chi connectivity index (χ0) is 24.6. The molecule has 5 rings (SSSR count). The van der Waals surface area contributed by atoms with Crippen LogP contribution >= 0.6 is 0 Å². The lowest BCUT2D eigenvalue weighted by molar-refractivity contribution is 0.107. The fraction of sp³-hybridized carbons (Fsp3) is 0.586. The van der Waals surface area contributed by atoms with E-state index >= 15 is 0 Å². The largest absolute Gasteiger partial charge is 0.492 e. The second-order valence-electron chi connectivity index (χ2n) is 11.6. The van der Waals surface area contributed by atoms with Crippen LogP contribution in [0.2, 0.25) is 0 Å². The maximum Gasteiger partial charge on any atom is 0.231 e. The number of aliphatic hydroxyl groups excluding tert-OH is 1. The van der Waals surface area contributed by atoms with E-state index in [4.69, 9.17) is 14.2 Å². The molecule has 5 heteroatoms. The maximum absolute atomic E-state index is 11.6. The van der Waals surface area contributed by atoms with E-state index in [1.54, 1.807) is 7.11 Å². The number of aliphatic hydroxyl groups is 1. The minimum Gasteiger partial charge on any atom is -0.492 e. The molecule has 184 valence electrons. The highest BCUT2D eigenvalue weighted by atomic mass is 16.7. The Balaban J connectivity index is 1.54. The lowest BCUT2D eigenvalue weighted by atomic mass is 9.71. The van der Waals surface area contributed by atoms with Crippen molar-refractivity contribution in [3.63, 3.8) is 0 Å². The van der Waals surface area contributed by atoms with Gasteiger partial charge in [0.25, 0.3) is 0 Å². The standard InChI is InChI=1S/C29H39NO4/c1-16-11-20-21(29(5,6)17(2)28(20,3)4)13-19(16)23(31)14-22-25-18(9-10-30(22)7)12-24-26(27(25)32-8)34-15-33-24/h11-13,17,22-23,31H,9-10,14-15H2,1-8H3/t17-,22-,23+/m1/s1. The number of likely N-dealkylation sites (N-methyl/N-ethyl adjacent to an activating group) is 1. The van der Waals surface area contributed by atoms with E-state index in [1.807, 2.05) is 0 Å². The van der Waals surface area contributed by atoms with Gasteiger partial charge >= 0.3 is 0 Å². The first-order valence-corrected chi connectivity index (χ1v) is 12.5. The van der Waals surface area contributed by atoms with Gasteiger partial charge in [-0.05, 0) is 77.4 Å². The van der Waals surface area contributed by atoms with Gasteiger partial charge in [-0.1, -0.05) is 46.8 Å². The number of ether oxygens (including phenoxy) is 3. The number of benzene rings is 2. The highest BCUT2D eigenvalue weighted by molar-refractivity contribution is 5.62. The molecule has 0 fully saturated rings. The van der Waals surface area contributed by atoms with E-state index in [9.17, 15) is 5.11 Å². The molecule has 2 aromatic rings. The summed E-state index contributed by atoms with van der Waals surface area (Å²) in [6.07, 6.45) is 0.942. The average Bonchev–Trinajstić information content (AvgIpc) is 3.30. The van der Waals surface area contributed by atoms with Crippen LogP contribution in [0.4, 0.5) is 0 Å². The summed E-state index contributed by atoms with van der Waals surface area (Å²) in [5.74, 6) is 2.71. The van der Waals surface area contributed by atoms with Crippen molar-refractivity contribution in [3.05, 3.63) is 51.6 Å². The molecular formula is C29H39NO4. The third kappa shape index (κ3) is 3.27.